The summed E-state index contributed by atoms with van der Waals surface area (Å²) < 4.78 is 5.17. The van der Waals surface area contributed by atoms with E-state index >= 15 is 0 Å². The summed E-state index contributed by atoms with van der Waals surface area (Å²) >= 11 is 0. The van der Waals surface area contributed by atoms with Gasteiger partial charge in [0.15, 0.2) is 5.78 Å². The molecule has 2 aromatic carbocycles. The minimum Gasteiger partial charge on any atom is -0.497 e. The Bertz CT molecular complexity index is 972. The van der Waals surface area contributed by atoms with Crippen LogP contribution in [0, 0.1) is 11.8 Å². The SMILES string of the molecule is COc1ccc(N2C(=O)[C@H]3[C@H](C2=O)[C@@H](C(=O)c2ccccc2)N2CCC[C@H]32)cc1. The van der Waals surface area contributed by atoms with Gasteiger partial charge in [-0.1, -0.05) is 30.3 Å². The van der Waals surface area contributed by atoms with Gasteiger partial charge in [-0.05, 0) is 43.7 Å². The van der Waals surface area contributed by atoms with E-state index in [4.69, 9.17) is 4.74 Å². The number of hydrogen-bond donors (Lipinski definition) is 0. The van der Waals surface area contributed by atoms with E-state index in [1.165, 1.54) is 4.90 Å². The second-order valence-electron chi connectivity index (χ2n) is 7.88. The molecular formula is C23H22N2O4. The molecule has 3 heterocycles. The van der Waals surface area contributed by atoms with Crippen LogP contribution in [0.5, 0.6) is 5.75 Å². The number of ketones is 1. The maximum Gasteiger partial charge on any atom is 0.239 e. The highest BCUT2D eigenvalue weighted by Gasteiger charge is 2.64. The molecule has 0 unspecified atom stereocenters. The Morgan fingerprint density at radius 1 is 0.966 bits per heavy atom. The first-order valence-electron chi connectivity index (χ1n) is 9.98. The van der Waals surface area contributed by atoms with Crippen LogP contribution in [0.15, 0.2) is 54.6 Å². The van der Waals surface area contributed by atoms with Crippen LogP contribution in [-0.4, -0.2) is 48.2 Å². The van der Waals surface area contributed by atoms with Crippen molar-refractivity contribution in [2.45, 2.75) is 24.9 Å². The Hall–Kier alpha value is -2.99. The van der Waals surface area contributed by atoms with Crippen molar-refractivity contribution in [1.29, 1.82) is 0 Å². The summed E-state index contributed by atoms with van der Waals surface area (Å²) in [6.45, 7) is 0.754. The second-order valence-corrected chi connectivity index (χ2v) is 7.88. The molecule has 3 saturated heterocycles. The Morgan fingerprint density at radius 2 is 1.66 bits per heavy atom. The second kappa shape index (κ2) is 6.81. The van der Waals surface area contributed by atoms with Crippen molar-refractivity contribution in [3.8, 4) is 5.75 Å². The number of ether oxygens (including phenoxy) is 1. The number of carbonyl (C=O) groups excluding carboxylic acids is 3. The molecule has 29 heavy (non-hydrogen) atoms. The van der Waals surface area contributed by atoms with Gasteiger partial charge in [0.05, 0.1) is 30.7 Å². The lowest BCUT2D eigenvalue weighted by molar-refractivity contribution is -0.123. The number of amides is 2. The van der Waals surface area contributed by atoms with Crippen molar-refractivity contribution in [2.75, 3.05) is 18.6 Å². The summed E-state index contributed by atoms with van der Waals surface area (Å²) in [4.78, 5) is 43.5. The van der Waals surface area contributed by atoms with Gasteiger partial charge in [-0.25, -0.2) is 4.90 Å². The molecule has 6 heteroatoms. The molecule has 0 bridgehead atoms. The first-order chi connectivity index (χ1) is 14.1. The van der Waals surface area contributed by atoms with Gasteiger partial charge in [-0.2, -0.15) is 0 Å². The molecule has 0 aromatic heterocycles. The van der Waals surface area contributed by atoms with E-state index in [0.717, 1.165) is 19.4 Å². The highest BCUT2D eigenvalue weighted by molar-refractivity contribution is 6.24. The van der Waals surface area contributed by atoms with Crippen molar-refractivity contribution in [3.63, 3.8) is 0 Å². The van der Waals surface area contributed by atoms with Crippen LogP contribution in [-0.2, 0) is 9.59 Å². The number of methoxy groups -OCH3 is 1. The molecule has 3 aliphatic rings. The third kappa shape index (κ3) is 2.63. The lowest BCUT2D eigenvalue weighted by Crippen LogP contribution is -2.46. The number of Topliss-reactive ketones (excluding diaryl/α,β-unsaturated/α-hetero) is 1. The molecule has 6 nitrogen and oxygen atoms in total. The summed E-state index contributed by atoms with van der Waals surface area (Å²) in [5.41, 5.74) is 1.12. The zero-order valence-corrected chi connectivity index (χ0v) is 16.2. The molecule has 5 rings (SSSR count). The molecule has 2 amide bonds. The van der Waals surface area contributed by atoms with Crippen LogP contribution in [0.3, 0.4) is 0 Å². The summed E-state index contributed by atoms with van der Waals surface area (Å²) in [7, 11) is 1.57. The molecule has 3 fully saturated rings. The van der Waals surface area contributed by atoms with Gasteiger partial charge in [0.1, 0.15) is 5.75 Å². The monoisotopic (exact) mass is 390 g/mol. The number of nitrogens with zero attached hydrogens (tertiary/aromatic N) is 2. The van der Waals surface area contributed by atoms with Gasteiger partial charge >= 0.3 is 0 Å². The topological polar surface area (TPSA) is 66.9 Å². The number of benzene rings is 2. The first-order valence-corrected chi connectivity index (χ1v) is 9.98. The average molecular weight is 390 g/mol. The number of carbonyl (C=O) groups is 3. The molecule has 4 atom stereocenters. The normalized spacial score (nSPS) is 28.5. The molecule has 0 saturated carbocycles. The fraction of sp³-hybridized carbons (Fsp3) is 0.348. The predicted molar refractivity (Wildman–Crippen MR) is 107 cm³/mol. The Kier molecular flexibility index (Phi) is 4.24. The van der Waals surface area contributed by atoms with Crippen molar-refractivity contribution < 1.29 is 19.1 Å². The van der Waals surface area contributed by atoms with Gasteiger partial charge in [0, 0.05) is 11.6 Å². The summed E-state index contributed by atoms with van der Waals surface area (Å²) in [6.07, 6.45) is 1.78. The third-order valence-electron chi connectivity index (χ3n) is 6.51. The van der Waals surface area contributed by atoms with Crippen molar-refractivity contribution >= 4 is 23.3 Å². The van der Waals surface area contributed by atoms with Crippen molar-refractivity contribution in [3.05, 3.63) is 60.2 Å². The van der Waals surface area contributed by atoms with Gasteiger partial charge in [0.25, 0.3) is 0 Å². The molecule has 148 valence electrons. The number of rotatable bonds is 4. The van der Waals surface area contributed by atoms with Crippen LogP contribution in [0.25, 0.3) is 0 Å². The summed E-state index contributed by atoms with van der Waals surface area (Å²) in [5.74, 6) is -0.943. The molecule has 0 aliphatic carbocycles. The van der Waals surface area contributed by atoms with Gasteiger partial charge in [-0.15, -0.1) is 0 Å². The molecule has 3 aliphatic heterocycles. The number of hydrogen-bond acceptors (Lipinski definition) is 5. The highest BCUT2D eigenvalue weighted by Crippen LogP contribution is 2.48. The lowest BCUT2D eigenvalue weighted by Gasteiger charge is -2.27. The van der Waals surface area contributed by atoms with Crippen LogP contribution in [0.4, 0.5) is 5.69 Å². The Labute approximate surface area is 169 Å². The molecule has 2 aromatic rings. The average Bonchev–Trinajstić information content (AvgIpc) is 3.40. The number of anilines is 1. The maximum absolute atomic E-state index is 13.4. The number of imide groups is 1. The molecule has 0 N–H and O–H groups in total. The zero-order valence-electron chi connectivity index (χ0n) is 16.2. The van der Waals surface area contributed by atoms with Crippen LogP contribution < -0.4 is 9.64 Å². The third-order valence-corrected chi connectivity index (χ3v) is 6.51. The highest BCUT2D eigenvalue weighted by atomic mass is 16.5. The maximum atomic E-state index is 13.4. The van der Waals surface area contributed by atoms with Crippen LogP contribution in [0.2, 0.25) is 0 Å². The van der Waals surface area contributed by atoms with E-state index in [2.05, 4.69) is 4.90 Å². The van der Waals surface area contributed by atoms with Gasteiger partial charge in [-0.3, -0.25) is 19.3 Å². The smallest absolute Gasteiger partial charge is 0.239 e. The largest absolute Gasteiger partial charge is 0.497 e. The lowest BCUT2D eigenvalue weighted by atomic mass is 9.85. The first kappa shape index (κ1) is 18.1. The van der Waals surface area contributed by atoms with E-state index in [-0.39, 0.29) is 23.6 Å². The van der Waals surface area contributed by atoms with E-state index in [9.17, 15) is 14.4 Å². The van der Waals surface area contributed by atoms with E-state index in [0.29, 0.717) is 17.0 Å². The standard InChI is InChI=1S/C23H22N2O4/c1-29-16-11-9-15(10-12-16)25-22(27)18-17-8-5-13-24(17)20(19(18)23(25)28)21(26)14-6-3-2-4-7-14/h2-4,6-7,9-12,17-20H,5,8,13H2,1H3/t17-,18-,19+,20+/m1/s1. The Balaban J connectivity index is 1.53. The number of fused-ring (bicyclic) bond motifs is 3. The van der Waals surface area contributed by atoms with Crippen molar-refractivity contribution in [2.24, 2.45) is 11.8 Å². The fourth-order valence-electron chi connectivity index (χ4n) is 5.27. The van der Waals surface area contributed by atoms with Crippen LogP contribution >= 0.6 is 0 Å². The minimum atomic E-state index is -0.623. The molecule has 0 radical (unpaired) electrons. The zero-order chi connectivity index (χ0) is 20.1. The Morgan fingerprint density at radius 3 is 2.34 bits per heavy atom. The molecule has 0 spiro atoms. The fourth-order valence-corrected chi connectivity index (χ4v) is 5.27. The van der Waals surface area contributed by atoms with Crippen molar-refractivity contribution in [1.82, 2.24) is 4.90 Å². The molecular weight excluding hydrogens is 368 g/mol. The van der Waals surface area contributed by atoms with Gasteiger partial charge in [0.2, 0.25) is 11.8 Å². The quantitative estimate of drug-likeness (QED) is 0.593. The summed E-state index contributed by atoms with van der Waals surface area (Å²) in [6, 6.07) is 15.4. The van der Waals surface area contributed by atoms with Crippen LogP contribution in [0.1, 0.15) is 23.2 Å². The van der Waals surface area contributed by atoms with Gasteiger partial charge < -0.3 is 4.74 Å². The van der Waals surface area contributed by atoms with E-state index < -0.39 is 17.9 Å². The predicted octanol–water partition coefficient (Wildman–Crippen LogP) is 2.53. The van der Waals surface area contributed by atoms with E-state index in [1.54, 1.807) is 43.5 Å². The summed E-state index contributed by atoms with van der Waals surface area (Å²) in [5, 5.41) is 0. The van der Waals surface area contributed by atoms with E-state index in [1.807, 2.05) is 18.2 Å². The minimum absolute atomic E-state index is 0.0441.